The van der Waals surface area contributed by atoms with Crippen molar-refractivity contribution in [1.82, 2.24) is 0 Å². The van der Waals surface area contributed by atoms with Crippen LogP contribution in [-0.2, 0) is 0 Å². The highest BCUT2D eigenvalue weighted by Gasteiger charge is 2.37. The second kappa shape index (κ2) is 4.54. The molecule has 0 amide bonds. The molecule has 0 unspecified atom stereocenters. The Labute approximate surface area is 100 Å². The maximum atomic E-state index is 12.0. The average Bonchev–Trinajstić information content (AvgIpc) is 2.17. The molecule has 1 aromatic carbocycles. The molecule has 1 aromatic rings. The van der Waals surface area contributed by atoms with Gasteiger partial charge in [0.05, 0.1) is 0 Å². The van der Waals surface area contributed by atoms with Crippen LogP contribution in [0.5, 0.6) is 0 Å². The molecule has 0 saturated heterocycles. The Bertz CT molecular complexity index is 352. The quantitative estimate of drug-likeness (QED) is 0.580. The van der Waals surface area contributed by atoms with Crippen molar-refractivity contribution < 1.29 is 4.79 Å². The predicted octanol–water partition coefficient (Wildman–Crippen LogP) is 4.01. The lowest BCUT2D eigenvalue weighted by atomic mass is 9.99. The highest BCUT2D eigenvalue weighted by Crippen LogP contribution is 2.33. The summed E-state index contributed by atoms with van der Waals surface area (Å²) < 4.78 is -1.34. The number of carbonyl (C=O) groups is 1. The zero-order chi connectivity index (χ0) is 11.6. The average molecular weight is 245 g/mol. The van der Waals surface area contributed by atoms with Gasteiger partial charge in [0.1, 0.15) is 0 Å². The van der Waals surface area contributed by atoms with E-state index in [9.17, 15) is 4.79 Å². The van der Waals surface area contributed by atoms with Crippen molar-refractivity contribution in [2.75, 3.05) is 0 Å². The fourth-order valence-electron chi connectivity index (χ4n) is 1.16. The summed E-state index contributed by atoms with van der Waals surface area (Å²) in [7, 11) is 0. The highest BCUT2D eigenvalue weighted by atomic mass is 35.5. The molecule has 0 aromatic heterocycles. The molecule has 0 fully saturated rings. The van der Waals surface area contributed by atoms with Crippen molar-refractivity contribution >= 4 is 29.0 Å². The predicted molar refractivity (Wildman–Crippen MR) is 64.8 cm³/mol. The van der Waals surface area contributed by atoms with Gasteiger partial charge in [-0.25, -0.2) is 0 Å². The second-order valence-corrected chi connectivity index (χ2v) is 5.36. The number of hydrogen-bond donors (Lipinski definition) is 0. The van der Waals surface area contributed by atoms with Gasteiger partial charge in [0, 0.05) is 5.56 Å². The van der Waals surface area contributed by atoms with Crippen molar-refractivity contribution in [2.24, 2.45) is 5.92 Å². The zero-order valence-electron chi connectivity index (χ0n) is 9.05. The first-order valence-electron chi connectivity index (χ1n) is 4.85. The van der Waals surface area contributed by atoms with Crippen LogP contribution in [0.2, 0.25) is 0 Å². The maximum absolute atomic E-state index is 12.0. The number of hydrogen-bond acceptors (Lipinski definition) is 1. The zero-order valence-corrected chi connectivity index (χ0v) is 10.6. The minimum absolute atomic E-state index is 0.116. The monoisotopic (exact) mass is 244 g/mol. The van der Waals surface area contributed by atoms with Gasteiger partial charge in [0.15, 0.2) is 10.1 Å². The largest absolute Gasteiger partial charge is 0.291 e. The molecule has 0 aliphatic heterocycles. The molecule has 15 heavy (non-hydrogen) atoms. The van der Waals surface area contributed by atoms with Gasteiger partial charge in [-0.15, -0.1) is 0 Å². The van der Waals surface area contributed by atoms with E-state index in [2.05, 4.69) is 0 Å². The number of benzene rings is 1. The Kier molecular flexibility index (Phi) is 3.80. The summed E-state index contributed by atoms with van der Waals surface area (Å²) in [5.74, 6) is -0.351. The first kappa shape index (κ1) is 12.5. The molecule has 1 nitrogen and oxygen atoms in total. The molecule has 0 N–H and O–H groups in total. The fraction of sp³-hybridized carbons (Fsp3) is 0.417. The molecule has 0 radical (unpaired) electrons. The summed E-state index contributed by atoms with van der Waals surface area (Å²) in [6, 6.07) is 7.24. The van der Waals surface area contributed by atoms with Gasteiger partial charge >= 0.3 is 0 Å². The number of Topliss-reactive ketones (excluding diaryl/α,β-unsaturated/α-hetero) is 1. The molecular formula is C12H14Cl2O. The van der Waals surface area contributed by atoms with Crippen LogP contribution >= 0.6 is 23.2 Å². The maximum Gasteiger partial charge on any atom is 0.199 e. The minimum Gasteiger partial charge on any atom is -0.291 e. The van der Waals surface area contributed by atoms with E-state index < -0.39 is 4.33 Å². The number of ketones is 1. The molecule has 1 rings (SSSR count). The molecule has 0 atom stereocenters. The van der Waals surface area contributed by atoms with Crippen LogP contribution in [0.4, 0.5) is 0 Å². The minimum atomic E-state index is -1.34. The summed E-state index contributed by atoms with van der Waals surface area (Å²) in [5, 5.41) is 0. The van der Waals surface area contributed by atoms with Gasteiger partial charge in [-0.2, -0.15) is 0 Å². The lowest BCUT2D eigenvalue weighted by Gasteiger charge is -2.22. The van der Waals surface area contributed by atoms with Crippen molar-refractivity contribution in [2.45, 2.75) is 25.1 Å². The van der Waals surface area contributed by atoms with E-state index in [0.717, 1.165) is 5.56 Å². The van der Waals surface area contributed by atoms with Crippen LogP contribution in [0.3, 0.4) is 0 Å². The summed E-state index contributed by atoms with van der Waals surface area (Å²) in [6.45, 7) is 5.61. The Morgan fingerprint density at radius 1 is 1.20 bits per heavy atom. The third-order valence-electron chi connectivity index (χ3n) is 2.34. The smallest absolute Gasteiger partial charge is 0.199 e. The van der Waals surface area contributed by atoms with Crippen LogP contribution in [0.25, 0.3) is 0 Å². The van der Waals surface area contributed by atoms with E-state index in [4.69, 9.17) is 23.2 Å². The van der Waals surface area contributed by atoms with E-state index >= 15 is 0 Å². The van der Waals surface area contributed by atoms with Crippen LogP contribution in [0, 0.1) is 12.8 Å². The van der Waals surface area contributed by atoms with Gasteiger partial charge in [-0.05, 0) is 12.8 Å². The molecule has 0 saturated carbocycles. The molecular weight excluding hydrogens is 231 g/mol. The Hall–Kier alpha value is -0.530. The number of alkyl halides is 2. The third-order valence-corrected chi connectivity index (χ3v) is 3.56. The SMILES string of the molecule is Cc1ccc(C(=O)C(Cl)(Cl)C(C)C)cc1. The summed E-state index contributed by atoms with van der Waals surface area (Å²) >= 11 is 12.0. The molecule has 82 valence electrons. The molecule has 0 aliphatic carbocycles. The fourth-order valence-corrected chi connectivity index (χ4v) is 1.38. The second-order valence-electron chi connectivity index (χ2n) is 3.97. The van der Waals surface area contributed by atoms with E-state index in [0.29, 0.717) is 5.56 Å². The van der Waals surface area contributed by atoms with Gasteiger partial charge in [-0.1, -0.05) is 66.9 Å². The van der Waals surface area contributed by atoms with Gasteiger partial charge < -0.3 is 0 Å². The lowest BCUT2D eigenvalue weighted by Crippen LogP contribution is -2.31. The Morgan fingerprint density at radius 2 is 1.67 bits per heavy atom. The van der Waals surface area contributed by atoms with Crippen LogP contribution in [0.15, 0.2) is 24.3 Å². The number of rotatable bonds is 3. The topological polar surface area (TPSA) is 17.1 Å². The number of halogens is 2. The van der Waals surface area contributed by atoms with Gasteiger partial charge in [0.25, 0.3) is 0 Å². The molecule has 0 aliphatic rings. The molecule has 3 heteroatoms. The van der Waals surface area contributed by atoms with Crippen LogP contribution in [0.1, 0.15) is 29.8 Å². The van der Waals surface area contributed by atoms with Crippen molar-refractivity contribution in [3.8, 4) is 0 Å². The standard InChI is InChI=1S/C12H14Cl2O/c1-8(2)12(13,14)11(15)10-6-4-9(3)5-7-10/h4-8H,1-3H3. The Morgan fingerprint density at radius 3 is 2.07 bits per heavy atom. The number of carbonyl (C=O) groups excluding carboxylic acids is 1. The Balaban J connectivity index is 3.00. The summed E-state index contributed by atoms with van der Waals surface area (Å²) in [5.41, 5.74) is 1.66. The van der Waals surface area contributed by atoms with Crippen LogP contribution < -0.4 is 0 Å². The highest BCUT2D eigenvalue weighted by molar-refractivity contribution is 6.60. The lowest BCUT2D eigenvalue weighted by molar-refractivity contribution is 0.0955. The van der Waals surface area contributed by atoms with Crippen LogP contribution in [-0.4, -0.2) is 10.1 Å². The third kappa shape index (κ3) is 2.73. The molecule has 0 heterocycles. The van der Waals surface area contributed by atoms with Crippen molar-refractivity contribution in [1.29, 1.82) is 0 Å². The first-order valence-corrected chi connectivity index (χ1v) is 5.60. The van der Waals surface area contributed by atoms with E-state index in [1.54, 1.807) is 12.1 Å². The van der Waals surface area contributed by atoms with Crippen molar-refractivity contribution in [3.05, 3.63) is 35.4 Å². The first-order chi connectivity index (χ1) is 6.85. The van der Waals surface area contributed by atoms with E-state index in [1.807, 2.05) is 32.9 Å². The van der Waals surface area contributed by atoms with Gasteiger partial charge in [-0.3, -0.25) is 4.79 Å². The number of aryl methyl sites for hydroxylation is 1. The summed E-state index contributed by atoms with van der Waals surface area (Å²) in [6.07, 6.45) is 0. The molecule has 0 bridgehead atoms. The van der Waals surface area contributed by atoms with E-state index in [1.165, 1.54) is 0 Å². The molecule has 0 spiro atoms. The normalized spacial score (nSPS) is 11.9. The van der Waals surface area contributed by atoms with Crippen molar-refractivity contribution in [3.63, 3.8) is 0 Å². The van der Waals surface area contributed by atoms with E-state index in [-0.39, 0.29) is 11.7 Å². The summed E-state index contributed by atoms with van der Waals surface area (Å²) in [4.78, 5) is 12.0. The van der Waals surface area contributed by atoms with Gasteiger partial charge in [0.2, 0.25) is 0 Å².